The fourth-order valence-electron chi connectivity index (χ4n) is 2.07. The van der Waals surface area contributed by atoms with Crippen molar-refractivity contribution in [2.75, 3.05) is 5.32 Å². The van der Waals surface area contributed by atoms with Crippen molar-refractivity contribution in [3.63, 3.8) is 0 Å². The van der Waals surface area contributed by atoms with Crippen molar-refractivity contribution < 1.29 is 18.7 Å². The van der Waals surface area contributed by atoms with Crippen LogP contribution in [-0.4, -0.2) is 16.1 Å². The highest BCUT2D eigenvalue weighted by Crippen LogP contribution is 2.28. The molecule has 2 rings (SSSR count). The van der Waals surface area contributed by atoms with E-state index < -0.39 is 23.2 Å². The van der Waals surface area contributed by atoms with Crippen LogP contribution in [0.1, 0.15) is 38.9 Å². The Bertz CT molecular complexity index is 701. The number of nitrogens with one attached hydrogen (secondary N) is 1. The predicted molar refractivity (Wildman–Crippen MR) is 76.9 cm³/mol. The van der Waals surface area contributed by atoms with Crippen LogP contribution in [0.2, 0.25) is 0 Å². The summed E-state index contributed by atoms with van der Waals surface area (Å²) in [5.41, 5.74) is 0.127. The van der Waals surface area contributed by atoms with E-state index in [1.165, 1.54) is 11.3 Å². The lowest BCUT2D eigenvalue weighted by atomic mass is 10.1. The first-order valence-corrected chi connectivity index (χ1v) is 7.04. The second kappa shape index (κ2) is 5.77. The van der Waals surface area contributed by atoms with Crippen molar-refractivity contribution >= 4 is 23.0 Å². The maximum Gasteiger partial charge on any atom is 0.338 e. The second-order valence-corrected chi connectivity index (χ2v) is 6.06. The molecule has 1 unspecified atom stereocenters. The van der Waals surface area contributed by atoms with Crippen LogP contribution < -0.4 is 5.32 Å². The molecular formula is C14H14F2N2O2S. The Morgan fingerprint density at radius 2 is 2.00 bits per heavy atom. The Hall–Kier alpha value is -2.02. The highest BCUT2D eigenvalue weighted by molar-refractivity contribution is 7.11. The Balaban J connectivity index is 2.33. The van der Waals surface area contributed by atoms with Crippen molar-refractivity contribution in [1.82, 2.24) is 4.98 Å². The summed E-state index contributed by atoms with van der Waals surface area (Å²) in [5, 5.41) is 12.6. The quantitative estimate of drug-likeness (QED) is 0.898. The maximum absolute atomic E-state index is 13.8. The zero-order chi connectivity index (χ0) is 15.7. The van der Waals surface area contributed by atoms with Gasteiger partial charge < -0.3 is 10.4 Å². The molecule has 0 amide bonds. The molecule has 4 nitrogen and oxygen atoms in total. The van der Waals surface area contributed by atoms with Crippen molar-refractivity contribution in [2.45, 2.75) is 26.8 Å². The summed E-state index contributed by atoms with van der Waals surface area (Å²) in [6.45, 7) is 5.56. The average Bonchev–Trinajstić information content (AvgIpc) is 2.71. The summed E-state index contributed by atoms with van der Waals surface area (Å²) >= 11 is 1.52. The molecule has 2 aromatic rings. The highest BCUT2D eigenvalue weighted by atomic mass is 32.1. The Kier molecular flexibility index (Phi) is 4.22. The lowest BCUT2D eigenvalue weighted by Gasteiger charge is -2.15. The molecule has 21 heavy (non-hydrogen) atoms. The number of aromatic nitrogens is 1. The molecule has 0 saturated heterocycles. The van der Waals surface area contributed by atoms with Gasteiger partial charge in [-0.1, -0.05) is 0 Å². The Morgan fingerprint density at radius 3 is 2.52 bits per heavy atom. The van der Waals surface area contributed by atoms with E-state index in [0.717, 1.165) is 21.6 Å². The van der Waals surface area contributed by atoms with Gasteiger partial charge in [0.25, 0.3) is 0 Å². The third-order valence-electron chi connectivity index (χ3n) is 3.01. The monoisotopic (exact) mass is 312 g/mol. The summed E-state index contributed by atoms with van der Waals surface area (Å²) in [7, 11) is 0. The number of rotatable bonds is 4. The van der Waals surface area contributed by atoms with Crippen LogP contribution in [0.4, 0.5) is 14.5 Å². The molecule has 7 heteroatoms. The number of thiazole rings is 1. The maximum atomic E-state index is 13.8. The SMILES string of the molecule is Cc1nc(C(C)Nc2cc(C(=O)O)c(F)cc2F)c(C)s1. The Morgan fingerprint density at radius 1 is 1.33 bits per heavy atom. The topological polar surface area (TPSA) is 62.2 Å². The molecule has 1 aromatic heterocycles. The van der Waals surface area contributed by atoms with E-state index in [1.807, 2.05) is 13.8 Å². The molecule has 0 fully saturated rings. The first kappa shape index (κ1) is 15.4. The number of hydrogen-bond donors (Lipinski definition) is 2. The van der Waals surface area contributed by atoms with Crippen LogP contribution in [0.3, 0.4) is 0 Å². The van der Waals surface area contributed by atoms with Crippen molar-refractivity contribution in [1.29, 1.82) is 0 Å². The third-order valence-corrected chi connectivity index (χ3v) is 3.91. The number of hydrogen-bond acceptors (Lipinski definition) is 4. The Labute approximate surface area is 124 Å². The number of anilines is 1. The van der Waals surface area contributed by atoms with Crippen LogP contribution >= 0.6 is 11.3 Å². The highest BCUT2D eigenvalue weighted by Gasteiger charge is 2.18. The summed E-state index contributed by atoms with van der Waals surface area (Å²) in [6.07, 6.45) is 0. The molecular weight excluding hydrogens is 298 g/mol. The van der Waals surface area contributed by atoms with Crippen molar-refractivity contribution in [2.24, 2.45) is 0 Å². The zero-order valence-electron chi connectivity index (χ0n) is 11.7. The number of aryl methyl sites for hydroxylation is 2. The molecule has 0 radical (unpaired) electrons. The summed E-state index contributed by atoms with van der Waals surface area (Å²) in [6, 6.07) is 1.20. The van der Waals surface area contributed by atoms with Crippen molar-refractivity contribution in [3.8, 4) is 0 Å². The van der Waals surface area contributed by atoms with Gasteiger partial charge in [0.05, 0.1) is 28.0 Å². The molecule has 0 saturated carbocycles. The van der Waals surface area contributed by atoms with Crippen LogP contribution in [0, 0.1) is 25.5 Å². The van der Waals surface area contributed by atoms with Gasteiger partial charge in [-0.3, -0.25) is 0 Å². The fourth-order valence-corrected chi connectivity index (χ4v) is 2.99. The van der Waals surface area contributed by atoms with Crippen LogP contribution in [-0.2, 0) is 0 Å². The second-order valence-electron chi connectivity index (χ2n) is 4.66. The van der Waals surface area contributed by atoms with E-state index in [9.17, 15) is 13.6 Å². The van der Waals surface area contributed by atoms with E-state index in [2.05, 4.69) is 10.3 Å². The lowest BCUT2D eigenvalue weighted by Crippen LogP contribution is -2.11. The van der Waals surface area contributed by atoms with Gasteiger partial charge >= 0.3 is 5.97 Å². The first-order valence-electron chi connectivity index (χ1n) is 6.22. The number of nitrogens with zero attached hydrogens (tertiary/aromatic N) is 1. The van der Waals surface area contributed by atoms with Gasteiger partial charge in [0.2, 0.25) is 0 Å². The third kappa shape index (κ3) is 3.18. The molecule has 1 heterocycles. The molecule has 1 atom stereocenters. The minimum atomic E-state index is -1.44. The normalized spacial score (nSPS) is 12.2. The van der Waals surface area contributed by atoms with Gasteiger partial charge in [0.15, 0.2) is 0 Å². The van der Waals surface area contributed by atoms with E-state index in [4.69, 9.17) is 5.11 Å². The summed E-state index contributed by atoms with van der Waals surface area (Å²) in [5.74, 6) is -3.38. The molecule has 0 aliphatic heterocycles. The van der Waals surface area contributed by atoms with Gasteiger partial charge in [-0.05, 0) is 26.8 Å². The zero-order valence-corrected chi connectivity index (χ0v) is 12.5. The molecule has 0 aliphatic carbocycles. The van der Waals surface area contributed by atoms with E-state index in [1.54, 1.807) is 6.92 Å². The number of carboxylic acids is 1. The first-order chi connectivity index (χ1) is 9.79. The van der Waals surface area contributed by atoms with E-state index >= 15 is 0 Å². The van der Waals surface area contributed by atoms with E-state index in [0.29, 0.717) is 6.07 Å². The van der Waals surface area contributed by atoms with Crippen LogP contribution in [0.5, 0.6) is 0 Å². The largest absolute Gasteiger partial charge is 0.478 e. The molecule has 1 aromatic carbocycles. The van der Waals surface area contributed by atoms with Gasteiger partial charge in [-0.15, -0.1) is 11.3 Å². The fraction of sp³-hybridized carbons (Fsp3) is 0.286. The molecule has 0 spiro atoms. The summed E-state index contributed by atoms with van der Waals surface area (Å²) < 4.78 is 27.1. The number of carbonyl (C=O) groups is 1. The predicted octanol–water partition coefficient (Wildman–Crippen LogP) is 3.91. The van der Waals surface area contributed by atoms with Gasteiger partial charge in [-0.25, -0.2) is 18.6 Å². The molecule has 112 valence electrons. The summed E-state index contributed by atoms with van der Waals surface area (Å²) in [4.78, 5) is 16.2. The molecule has 0 aliphatic rings. The van der Waals surface area contributed by atoms with E-state index in [-0.39, 0.29) is 11.7 Å². The van der Waals surface area contributed by atoms with Gasteiger partial charge in [0, 0.05) is 10.9 Å². The number of benzene rings is 1. The molecule has 0 bridgehead atoms. The smallest absolute Gasteiger partial charge is 0.338 e. The minimum absolute atomic E-state index is 0.0636. The number of aromatic carboxylic acids is 1. The van der Waals surface area contributed by atoms with Gasteiger partial charge in [-0.2, -0.15) is 0 Å². The lowest BCUT2D eigenvalue weighted by molar-refractivity contribution is 0.0692. The standard InChI is InChI=1S/C14H14F2N2O2S/c1-6(13-7(2)21-8(3)18-13)17-12-4-9(14(19)20)10(15)5-11(12)16/h4-6,17H,1-3H3,(H,19,20). The minimum Gasteiger partial charge on any atom is -0.478 e. The van der Waals surface area contributed by atoms with Crippen LogP contribution in [0.25, 0.3) is 0 Å². The average molecular weight is 312 g/mol. The van der Waals surface area contributed by atoms with Gasteiger partial charge in [0.1, 0.15) is 11.6 Å². The number of carboxylic acid groups (broad SMARTS) is 1. The molecule has 2 N–H and O–H groups in total. The van der Waals surface area contributed by atoms with Crippen molar-refractivity contribution in [3.05, 3.63) is 44.9 Å². The van der Waals surface area contributed by atoms with Crippen LogP contribution in [0.15, 0.2) is 12.1 Å². The number of halogens is 2.